The normalized spacial score (nSPS) is 23.3. The molecule has 3 unspecified atom stereocenters. The quantitative estimate of drug-likeness (QED) is 0.309. The summed E-state index contributed by atoms with van der Waals surface area (Å²) in [6, 6.07) is 2.74. The maximum absolute atomic E-state index is 12.7. The second-order valence-corrected chi connectivity index (χ2v) is 7.86. The Balaban J connectivity index is 1.97. The number of benzene rings is 1. The number of aromatic amines is 2. The third-order valence-electron chi connectivity index (χ3n) is 5.43. The molecule has 0 saturated carbocycles. The average Bonchev–Trinajstić information content (AvgIpc) is 3.09. The zero-order chi connectivity index (χ0) is 24.6. The molecule has 3 atom stereocenters. The molecule has 1 aromatic carbocycles. The molecular weight excluding hydrogens is 434 g/mol. The molecule has 0 bridgehead atoms. The Labute approximate surface area is 186 Å². The lowest BCUT2D eigenvalue weighted by atomic mass is 9.67. The number of carbonyl (C=O) groups is 4. The number of nitrogens with one attached hydrogen (secondary N) is 3. The van der Waals surface area contributed by atoms with E-state index in [-0.39, 0.29) is 5.69 Å². The van der Waals surface area contributed by atoms with E-state index in [1.165, 1.54) is 30.4 Å². The van der Waals surface area contributed by atoms with Gasteiger partial charge in [0.15, 0.2) is 5.78 Å². The number of carbonyl (C=O) groups excluding carboxylic acids is 2. The van der Waals surface area contributed by atoms with Crippen LogP contribution in [0.1, 0.15) is 20.8 Å². The number of amides is 1. The molecule has 1 aliphatic carbocycles. The summed E-state index contributed by atoms with van der Waals surface area (Å²) in [6.45, 7) is 3.79. The third-order valence-corrected chi connectivity index (χ3v) is 5.43. The number of hydrogen-bond acceptors (Lipinski definition) is 7. The van der Waals surface area contributed by atoms with Crippen LogP contribution in [0.2, 0.25) is 0 Å². The topological polar surface area (TPSA) is 194 Å². The van der Waals surface area contributed by atoms with Crippen LogP contribution in [0.25, 0.3) is 11.0 Å². The molecule has 1 aliphatic rings. The van der Waals surface area contributed by atoms with Gasteiger partial charge in [0.2, 0.25) is 11.6 Å². The Morgan fingerprint density at radius 1 is 1.09 bits per heavy atom. The largest absolute Gasteiger partial charge is 0.481 e. The average molecular weight is 455 g/mol. The number of anilines is 1. The Bertz CT molecular complexity index is 1320. The summed E-state index contributed by atoms with van der Waals surface area (Å²) in [7, 11) is 0. The Kier molecular flexibility index (Phi) is 5.86. The highest BCUT2D eigenvalue weighted by atomic mass is 16.4. The number of nitrogens with zero attached hydrogens (tertiary/aromatic N) is 2. The van der Waals surface area contributed by atoms with E-state index in [2.05, 4.69) is 25.5 Å². The van der Waals surface area contributed by atoms with Crippen LogP contribution in [0.3, 0.4) is 0 Å². The summed E-state index contributed by atoms with van der Waals surface area (Å²) in [5.41, 5.74) is -3.26. The highest BCUT2D eigenvalue weighted by Gasteiger charge is 2.58. The van der Waals surface area contributed by atoms with Crippen LogP contribution in [-0.2, 0) is 19.2 Å². The summed E-state index contributed by atoms with van der Waals surface area (Å²) in [4.78, 5) is 65.5. The second-order valence-electron chi connectivity index (χ2n) is 7.86. The van der Waals surface area contributed by atoms with Gasteiger partial charge in [0.05, 0.1) is 11.0 Å². The van der Waals surface area contributed by atoms with Crippen LogP contribution >= 0.6 is 0 Å². The van der Waals surface area contributed by atoms with Gasteiger partial charge in [-0.25, -0.2) is 9.59 Å². The number of H-pyrrole nitrogens is 2. The number of azo groups is 1. The zero-order valence-electron chi connectivity index (χ0n) is 17.9. The van der Waals surface area contributed by atoms with Crippen molar-refractivity contribution in [3.05, 3.63) is 52.5 Å². The van der Waals surface area contributed by atoms with Crippen LogP contribution in [0.5, 0.6) is 0 Å². The van der Waals surface area contributed by atoms with Crippen molar-refractivity contribution in [3.8, 4) is 0 Å². The van der Waals surface area contributed by atoms with Crippen molar-refractivity contribution in [2.45, 2.75) is 32.4 Å². The van der Waals surface area contributed by atoms with Gasteiger partial charge in [0, 0.05) is 5.69 Å². The maximum atomic E-state index is 12.7. The van der Waals surface area contributed by atoms with Crippen LogP contribution in [0.15, 0.2) is 57.0 Å². The van der Waals surface area contributed by atoms with Crippen molar-refractivity contribution in [2.24, 2.45) is 15.6 Å². The Morgan fingerprint density at radius 3 is 2.36 bits per heavy atom. The van der Waals surface area contributed by atoms with E-state index in [1.807, 2.05) is 0 Å². The predicted molar refractivity (Wildman–Crippen MR) is 116 cm³/mol. The number of fused-ring (bicyclic) bond motifs is 1. The van der Waals surface area contributed by atoms with Crippen LogP contribution in [0.4, 0.5) is 5.69 Å². The fourth-order valence-electron chi connectivity index (χ4n) is 3.43. The second kappa shape index (κ2) is 8.30. The molecule has 3 rings (SSSR count). The molecule has 1 heterocycles. The van der Waals surface area contributed by atoms with Gasteiger partial charge >= 0.3 is 17.6 Å². The number of ketones is 1. The molecule has 0 fully saturated rings. The van der Waals surface area contributed by atoms with Gasteiger partial charge in [-0.15, -0.1) is 0 Å². The SMILES string of the molecule is CC(=O)C(N=NC1(C(=O)O)C=C(C)C=CC1(C)C(=O)O)C(=O)Nc1ccc2[nH]c(=O)[nH]c2c1. The number of carboxylic acids is 2. The number of imidazole rings is 1. The van der Waals surface area contributed by atoms with E-state index >= 15 is 0 Å². The Hall–Kier alpha value is -4.35. The van der Waals surface area contributed by atoms with Gasteiger partial charge in [0.1, 0.15) is 5.41 Å². The van der Waals surface area contributed by atoms with E-state index in [1.54, 1.807) is 6.92 Å². The standard InChI is InChI=1S/C21H21N5O7/c1-10-6-7-20(3,17(29)30)21(9-10,18(31)32)26-25-15(11(2)27)16(28)22-12-4-5-13-14(8-12)24-19(33)23-13/h4-9,15H,1-3H3,(H,22,28)(H,29,30)(H,31,32)(H2,23,24,33). The molecule has 1 amide bonds. The minimum atomic E-state index is -2.38. The lowest BCUT2D eigenvalue weighted by Gasteiger charge is -2.37. The first-order chi connectivity index (χ1) is 15.4. The lowest BCUT2D eigenvalue weighted by Crippen LogP contribution is -2.54. The van der Waals surface area contributed by atoms with Crippen molar-refractivity contribution >= 4 is 40.3 Å². The number of allylic oxidation sites excluding steroid dienone is 2. The molecule has 0 saturated heterocycles. The molecule has 33 heavy (non-hydrogen) atoms. The number of aliphatic carboxylic acids is 2. The lowest BCUT2D eigenvalue weighted by molar-refractivity contribution is -0.157. The summed E-state index contributed by atoms with van der Waals surface area (Å²) in [5.74, 6) is -4.73. The Morgan fingerprint density at radius 2 is 1.76 bits per heavy atom. The van der Waals surface area contributed by atoms with Gasteiger partial charge in [0.25, 0.3) is 5.91 Å². The van der Waals surface area contributed by atoms with Gasteiger partial charge in [-0.2, -0.15) is 10.2 Å². The van der Waals surface area contributed by atoms with Crippen molar-refractivity contribution < 1.29 is 29.4 Å². The molecule has 12 heteroatoms. The highest BCUT2D eigenvalue weighted by Crippen LogP contribution is 2.42. The van der Waals surface area contributed by atoms with Crippen LogP contribution in [-0.4, -0.2) is 55.4 Å². The van der Waals surface area contributed by atoms with E-state index in [9.17, 15) is 34.2 Å². The third kappa shape index (κ3) is 4.10. The van der Waals surface area contributed by atoms with E-state index in [4.69, 9.17) is 0 Å². The van der Waals surface area contributed by atoms with Crippen molar-refractivity contribution in [1.29, 1.82) is 0 Å². The van der Waals surface area contributed by atoms with E-state index in [0.717, 1.165) is 19.9 Å². The first-order valence-electron chi connectivity index (χ1n) is 9.70. The molecule has 0 radical (unpaired) electrons. The molecular formula is C21H21N5O7. The molecule has 12 nitrogen and oxygen atoms in total. The molecule has 5 N–H and O–H groups in total. The predicted octanol–water partition coefficient (Wildman–Crippen LogP) is 1.63. The van der Waals surface area contributed by atoms with Gasteiger partial charge < -0.3 is 25.5 Å². The van der Waals surface area contributed by atoms with Crippen molar-refractivity contribution in [2.75, 3.05) is 5.32 Å². The monoisotopic (exact) mass is 455 g/mol. The van der Waals surface area contributed by atoms with Crippen molar-refractivity contribution in [1.82, 2.24) is 9.97 Å². The van der Waals surface area contributed by atoms with Crippen LogP contribution < -0.4 is 11.0 Å². The number of rotatable bonds is 7. The number of carboxylic acid groups (broad SMARTS) is 2. The fraction of sp³-hybridized carbons (Fsp3) is 0.286. The number of hydrogen-bond donors (Lipinski definition) is 5. The molecule has 0 spiro atoms. The summed E-state index contributed by atoms with van der Waals surface area (Å²) in [5, 5.41) is 29.5. The zero-order valence-corrected chi connectivity index (χ0v) is 17.9. The van der Waals surface area contributed by atoms with Crippen LogP contribution in [0, 0.1) is 5.41 Å². The molecule has 172 valence electrons. The number of aromatic nitrogens is 2. The van der Waals surface area contributed by atoms with Crippen molar-refractivity contribution in [3.63, 3.8) is 0 Å². The van der Waals surface area contributed by atoms with Gasteiger partial charge in [-0.1, -0.05) is 17.7 Å². The first-order valence-corrected chi connectivity index (χ1v) is 9.70. The minimum Gasteiger partial charge on any atom is -0.481 e. The highest BCUT2D eigenvalue weighted by molar-refractivity contribution is 6.10. The summed E-state index contributed by atoms with van der Waals surface area (Å²) >= 11 is 0. The number of Topliss-reactive ketones (excluding diaryl/α,β-unsaturated/α-hetero) is 1. The first kappa shape index (κ1) is 23.3. The molecule has 1 aromatic heterocycles. The smallest absolute Gasteiger partial charge is 0.339 e. The van der Waals surface area contributed by atoms with E-state index < -0.39 is 46.3 Å². The summed E-state index contributed by atoms with van der Waals surface area (Å²) in [6.07, 6.45) is 3.76. The van der Waals surface area contributed by atoms with Gasteiger partial charge in [-0.3, -0.25) is 14.4 Å². The molecule has 2 aromatic rings. The van der Waals surface area contributed by atoms with Gasteiger partial charge in [-0.05, 0) is 45.0 Å². The summed E-state index contributed by atoms with van der Waals surface area (Å²) < 4.78 is 0. The molecule has 0 aliphatic heterocycles. The maximum Gasteiger partial charge on any atom is 0.339 e. The fourth-order valence-corrected chi connectivity index (χ4v) is 3.43. The minimum absolute atomic E-state index is 0.240. The van der Waals surface area contributed by atoms with E-state index in [0.29, 0.717) is 16.6 Å².